The third-order valence-corrected chi connectivity index (χ3v) is 8.43. The van der Waals surface area contributed by atoms with Crippen LogP contribution < -0.4 is 24.8 Å². The average Bonchev–Trinajstić information content (AvgIpc) is 3.42. The predicted octanol–water partition coefficient (Wildman–Crippen LogP) is 4.50. The van der Waals surface area contributed by atoms with E-state index in [2.05, 4.69) is 153 Å². The number of benzene rings is 3. The molecular weight excluding hydrogens is 631 g/mol. The number of rotatable bonds is 2. The molecule has 42 heavy (non-hydrogen) atoms. The smallest absolute Gasteiger partial charge is 1.00 e. The van der Waals surface area contributed by atoms with Crippen molar-refractivity contribution in [2.24, 2.45) is 0 Å². The maximum Gasteiger partial charge on any atom is -1.00 e. The number of halogens is 2. The van der Waals surface area contributed by atoms with Gasteiger partial charge in [0.05, 0.1) is 0 Å². The Balaban J connectivity index is 0.000000353. The molecule has 3 heteroatoms. The third-order valence-electron chi connectivity index (χ3n) is 7.61. The monoisotopic (exact) mass is 676 g/mol. The Morgan fingerprint density at radius 2 is 1.38 bits per heavy atom. The molecule has 0 amide bonds. The maximum atomic E-state index is 3.67. The van der Waals surface area contributed by atoms with Crippen LogP contribution in [0.1, 0.15) is 111 Å². The van der Waals surface area contributed by atoms with Gasteiger partial charge in [-0.25, -0.2) is 6.07 Å². The van der Waals surface area contributed by atoms with Gasteiger partial charge in [-0.2, -0.15) is 46.5 Å². The third kappa shape index (κ3) is 10.2. The largest absolute Gasteiger partial charge is 1.00 e. The molecule has 0 aromatic heterocycles. The van der Waals surface area contributed by atoms with E-state index in [1.807, 2.05) is 0 Å². The fraction of sp³-hybridized carbons (Fsp3) is 0.385. The van der Waals surface area contributed by atoms with Crippen molar-refractivity contribution in [3.8, 4) is 11.1 Å². The summed E-state index contributed by atoms with van der Waals surface area (Å²) in [6, 6.07) is 28.2. The molecule has 224 valence electrons. The first-order valence-corrected chi connectivity index (χ1v) is 16.0. The Kier molecular flexibility index (Phi) is 14.5. The molecule has 1 aliphatic rings. The van der Waals surface area contributed by atoms with E-state index in [-0.39, 0.29) is 35.6 Å². The second kappa shape index (κ2) is 15.9. The van der Waals surface area contributed by atoms with Crippen molar-refractivity contribution >= 4 is 3.71 Å². The Hall–Kier alpha value is -1.66. The van der Waals surface area contributed by atoms with Crippen LogP contribution in [0, 0.1) is 26.8 Å². The van der Waals surface area contributed by atoms with Gasteiger partial charge in [-0.05, 0) is 28.4 Å². The summed E-state index contributed by atoms with van der Waals surface area (Å²) in [5, 5.41) is 0. The van der Waals surface area contributed by atoms with Gasteiger partial charge in [0.1, 0.15) is 0 Å². The molecule has 0 heterocycles. The summed E-state index contributed by atoms with van der Waals surface area (Å²) in [5.41, 5.74) is 15.7. The molecule has 4 aromatic carbocycles. The van der Waals surface area contributed by atoms with Gasteiger partial charge < -0.3 is 24.8 Å². The van der Waals surface area contributed by atoms with E-state index in [0.29, 0.717) is 5.92 Å². The van der Waals surface area contributed by atoms with Crippen molar-refractivity contribution in [3.05, 3.63) is 123 Å². The van der Waals surface area contributed by atoms with Crippen molar-refractivity contribution in [3.63, 3.8) is 0 Å². The second-order valence-electron chi connectivity index (χ2n) is 13.7. The first kappa shape index (κ1) is 38.4. The predicted molar refractivity (Wildman–Crippen MR) is 173 cm³/mol. The van der Waals surface area contributed by atoms with E-state index < -0.39 is 0 Å². The first-order chi connectivity index (χ1) is 18.6. The van der Waals surface area contributed by atoms with Crippen molar-refractivity contribution < 1.29 is 49.0 Å². The molecule has 0 nitrogen and oxygen atoms in total. The van der Waals surface area contributed by atoms with Gasteiger partial charge in [-0.3, -0.25) is 0 Å². The molecule has 0 saturated heterocycles. The Bertz CT molecular complexity index is 1380. The van der Waals surface area contributed by atoms with Crippen LogP contribution >= 0.6 is 0 Å². The summed E-state index contributed by atoms with van der Waals surface area (Å²) < 4.78 is 2.19. The summed E-state index contributed by atoms with van der Waals surface area (Å²) in [5.74, 6) is 0.675. The van der Waals surface area contributed by atoms with Gasteiger partial charge in [0.25, 0.3) is 0 Å². The standard InChI is InChI=1S/C21H25.C10H15.C8H8.2ClH.Zr/c1-20(2,3)16-7-9-18-14(12-16)11-15-13-17(21(4,5)6)8-10-19(15)18;1-7(2)10-6-8(3)5-9(10)4;1-7-3-5-8(2)6-4-7;;;/h7-10,12H,11H2,1-6H3;5-7H,1-4H3;1,3-6H,2H3;2*1H;/q2*-1;;;;+2/p-2. The van der Waals surface area contributed by atoms with Crippen LogP contribution in [0.3, 0.4) is 0 Å². The van der Waals surface area contributed by atoms with E-state index >= 15 is 0 Å². The van der Waals surface area contributed by atoms with Crippen LogP contribution in [0.4, 0.5) is 0 Å². The fourth-order valence-corrected chi connectivity index (χ4v) is 5.61. The second-order valence-corrected chi connectivity index (χ2v) is 14.4. The number of hydrogen-bond donors (Lipinski definition) is 0. The topological polar surface area (TPSA) is 0 Å². The minimum absolute atomic E-state index is 0. The van der Waals surface area contributed by atoms with Crippen molar-refractivity contribution in [2.45, 2.75) is 99.3 Å². The van der Waals surface area contributed by atoms with E-state index in [1.165, 1.54) is 85.4 Å². The van der Waals surface area contributed by atoms with Crippen LogP contribution in [0.25, 0.3) is 11.1 Å². The maximum absolute atomic E-state index is 3.67. The quantitative estimate of drug-likeness (QED) is 0.242. The Labute approximate surface area is 284 Å². The summed E-state index contributed by atoms with van der Waals surface area (Å²) in [7, 11) is 0. The molecule has 0 atom stereocenters. The van der Waals surface area contributed by atoms with Gasteiger partial charge in [-0.15, -0.1) is 11.1 Å². The van der Waals surface area contributed by atoms with E-state index in [1.54, 1.807) is 0 Å². The summed E-state index contributed by atoms with van der Waals surface area (Å²) in [4.78, 5) is 0. The average molecular weight is 679 g/mol. The van der Waals surface area contributed by atoms with Crippen LogP contribution in [0.5, 0.6) is 0 Å². The van der Waals surface area contributed by atoms with Gasteiger partial charge in [0.2, 0.25) is 0 Å². The van der Waals surface area contributed by atoms with E-state index in [4.69, 9.17) is 0 Å². The van der Waals surface area contributed by atoms with Crippen LogP contribution in [0.15, 0.2) is 66.7 Å². The van der Waals surface area contributed by atoms with Gasteiger partial charge in [0, 0.05) is 0 Å². The number of aryl methyl sites for hydroxylation is 3. The zero-order chi connectivity index (χ0) is 29.8. The number of fused-ring (bicyclic) bond motifs is 3. The van der Waals surface area contributed by atoms with Gasteiger partial charge in [0.15, 0.2) is 0 Å². The normalized spacial score (nSPS) is 11.6. The molecule has 0 aliphatic heterocycles. The Morgan fingerprint density at radius 3 is 1.83 bits per heavy atom. The number of hydrogen-bond acceptors (Lipinski definition) is 0. The van der Waals surface area contributed by atoms with E-state index in [0.717, 1.165) is 6.42 Å². The molecule has 4 aromatic rings. The van der Waals surface area contributed by atoms with Crippen LogP contribution in [-0.2, 0) is 41.5 Å². The molecule has 0 spiro atoms. The van der Waals surface area contributed by atoms with Crippen molar-refractivity contribution in [1.82, 2.24) is 0 Å². The molecule has 0 bridgehead atoms. The molecule has 0 radical (unpaired) electrons. The summed E-state index contributed by atoms with van der Waals surface area (Å²) in [6.45, 7) is 24.5. The molecular formula is C39H48Cl2Zr-2. The minimum Gasteiger partial charge on any atom is -1.00 e. The van der Waals surface area contributed by atoms with Crippen LogP contribution in [-0.4, -0.2) is 3.71 Å². The summed E-state index contributed by atoms with van der Waals surface area (Å²) >= 11 is 1.47. The van der Waals surface area contributed by atoms with Gasteiger partial charge >= 0.3 is 70.3 Å². The Morgan fingerprint density at radius 1 is 0.786 bits per heavy atom. The molecule has 0 fully saturated rings. The zero-order valence-electron chi connectivity index (χ0n) is 27.5. The molecule has 0 saturated carbocycles. The van der Waals surface area contributed by atoms with E-state index in [9.17, 15) is 0 Å². The SMILES string of the molecule is CC(C)(C)c1[c-]c2c(cc1)-c1ccc(C(C)(C)C)cc1C2.Cc1cc(C(C)C)c(C)[cH-]1.Cc1ccc([CH]=[Zr+2])cc1.[Cl-].[Cl-]. The first-order valence-electron chi connectivity index (χ1n) is 14.6. The summed E-state index contributed by atoms with van der Waals surface area (Å²) in [6.07, 6.45) is 1.03. The van der Waals surface area contributed by atoms with Crippen molar-refractivity contribution in [1.29, 1.82) is 0 Å². The van der Waals surface area contributed by atoms with Crippen LogP contribution in [0.2, 0.25) is 0 Å². The molecule has 0 unspecified atom stereocenters. The molecule has 0 N–H and O–H groups in total. The fourth-order valence-electron chi connectivity index (χ4n) is 5.14. The zero-order valence-corrected chi connectivity index (χ0v) is 31.4. The molecule has 5 rings (SSSR count). The van der Waals surface area contributed by atoms with Crippen molar-refractivity contribution in [2.75, 3.05) is 0 Å². The minimum atomic E-state index is 0. The molecule has 1 aliphatic carbocycles. The van der Waals surface area contributed by atoms with Gasteiger partial charge in [-0.1, -0.05) is 98.9 Å².